The summed E-state index contributed by atoms with van der Waals surface area (Å²) in [6.45, 7) is -2.44. The molecule has 6 nitrogen and oxygen atoms in total. The Kier molecular flexibility index (Phi) is 4.78. The van der Waals surface area contributed by atoms with E-state index < -0.39 is 18.5 Å². The Morgan fingerprint density at radius 1 is 1.24 bits per heavy atom. The Bertz CT molecular complexity index is 677. The van der Waals surface area contributed by atoms with Crippen LogP contribution in [0.5, 0.6) is 11.5 Å². The average molecular weight is 355 g/mol. The zero-order valence-corrected chi connectivity index (χ0v) is 13.7. The fraction of sp³-hybridized carbons (Fsp3) is 0.529. The Morgan fingerprint density at radius 3 is 2.52 bits per heavy atom. The molecule has 1 aliphatic heterocycles. The molecule has 1 aromatic carbocycles. The Morgan fingerprint density at radius 2 is 1.96 bits per heavy atom. The summed E-state index contributed by atoms with van der Waals surface area (Å²) in [4.78, 5) is 25.7. The van der Waals surface area contributed by atoms with Crippen LogP contribution < -0.4 is 9.47 Å². The van der Waals surface area contributed by atoms with Gasteiger partial charge in [-0.2, -0.15) is 8.78 Å². The van der Waals surface area contributed by atoms with E-state index in [0.717, 1.165) is 12.8 Å². The van der Waals surface area contributed by atoms with Gasteiger partial charge in [0.1, 0.15) is 0 Å². The third kappa shape index (κ3) is 3.67. The SMILES string of the molecule is COc1cc(C(=O)N2C[C@H](C(=O)O)[C@@H](C3CC3)C2)ccc1OC(F)F. The highest BCUT2D eigenvalue weighted by Gasteiger charge is 2.46. The van der Waals surface area contributed by atoms with E-state index in [1.54, 1.807) is 0 Å². The van der Waals surface area contributed by atoms with Crippen LogP contribution in [0.1, 0.15) is 23.2 Å². The van der Waals surface area contributed by atoms with E-state index in [2.05, 4.69) is 4.74 Å². The second-order valence-electron chi connectivity index (χ2n) is 6.40. The smallest absolute Gasteiger partial charge is 0.387 e. The second kappa shape index (κ2) is 6.85. The van der Waals surface area contributed by atoms with E-state index in [0.29, 0.717) is 12.5 Å². The van der Waals surface area contributed by atoms with Crippen LogP contribution in [0.2, 0.25) is 0 Å². The van der Waals surface area contributed by atoms with Gasteiger partial charge in [0.15, 0.2) is 11.5 Å². The molecule has 0 radical (unpaired) electrons. The van der Waals surface area contributed by atoms with Crippen molar-refractivity contribution in [1.82, 2.24) is 4.90 Å². The first-order valence-corrected chi connectivity index (χ1v) is 8.05. The summed E-state index contributed by atoms with van der Waals surface area (Å²) in [6.07, 6.45) is 2.01. The highest BCUT2D eigenvalue weighted by atomic mass is 19.3. The number of hydrogen-bond acceptors (Lipinski definition) is 4. The monoisotopic (exact) mass is 355 g/mol. The van der Waals surface area contributed by atoms with Crippen molar-refractivity contribution in [2.24, 2.45) is 17.8 Å². The molecule has 1 saturated heterocycles. The summed E-state index contributed by atoms with van der Waals surface area (Å²) in [5.41, 5.74) is 0.249. The molecular weight excluding hydrogens is 336 g/mol. The molecule has 1 N–H and O–H groups in total. The molecule has 2 atom stereocenters. The first-order valence-electron chi connectivity index (χ1n) is 8.05. The third-order valence-electron chi connectivity index (χ3n) is 4.82. The molecular formula is C17H19F2NO5. The van der Waals surface area contributed by atoms with Gasteiger partial charge in [0.05, 0.1) is 13.0 Å². The summed E-state index contributed by atoms with van der Waals surface area (Å²) in [7, 11) is 1.29. The van der Waals surface area contributed by atoms with E-state index in [1.165, 1.54) is 30.2 Å². The van der Waals surface area contributed by atoms with Gasteiger partial charge in [-0.05, 0) is 42.9 Å². The van der Waals surface area contributed by atoms with E-state index in [-0.39, 0.29) is 35.4 Å². The molecule has 136 valence electrons. The van der Waals surface area contributed by atoms with Crippen molar-refractivity contribution in [2.75, 3.05) is 20.2 Å². The number of carboxylic acid groups (broad SMARTS) is 1. The summed E-state index contributed by atoms with van der Waals surface area (Å²) in [5.74, 6) is -1.56. The number of aliphatic carboxylic acids is 1. The van der Waals surface area contributed by atoms with Crippen molar-refractivity contribution in [3.63, 3.8) is 0 Å². The van der Waals surface area contributed by atoms with Gasteiger partial charge in [-0.1, -0.05) is 0 Å². The van der Waals surface area contributed by atoms with Gasteiger partial charge in [-0.15, -0.1) is 0 Å². The van der Waals surface area contributed by atoms with Crippen molar-refractivity contribution in [2.45, 2.75) is 19.5 Å². The quantitative estimate of drug-likeness (QED) is 0.848. The normalized spacial score (nSPS) is 23.0. The highest BCUT2D eigenvalue weighted by molar-refractivity contribution is 5.95. The molecule has 0 unspecified atom stereocenters. The van der Waals surface area contributed by atoms with Crippen molar-refractivity contribution in [1.29, 1.82) is 0 Å². The zero-order chi connectivity index (χ0) is 18.1. The Hall–Kier alpha value is -2.38. The number of hydrogen-bond donors (Lipinski definition) is 1. The predicted octanol–water partition coefficient (Wildman–Crippen LogP) is 2.48. The van der Waals surface area contributed by atoms with Gasteiger partial charge >= 0.3 is 12.6 Å². The van der Waals surface area contributed by atoms with Crippen LogP contribution in [0.25, 0.3) is 0 Å². The molecule has 8 heteroatoms. The van der Waals surface area contributed by atoms with Gasteiger partial charge in [0, 0.05) is 18.7 Å². The first-order chi connectivity index (χ1) is 11.9. The maximum Gasteiger partial charge on any atom is 0.387 e. The number of methoxy groups -OCH3 is 1. The number of rotatable bonds is 6. The topological polar surface area (TPSA) is 76.1 Å². The van der Waals surface area contributed by atoms with Crippen LogP contribution >= 0.6 is 0 Å². The van der Waals surface area contributed by atoms with E-state index >= 15 is 0 Å². The number of benzene rings is 1. The van der Waals surface area contributed by atoms with Crippen LogP contribution in [0.3, 0.4) is 0 Å². The van der Waals surface area contributed by atoms with Crippen molar-refractivity contribution in [3.8, 4) is 11.5 Å². The number of likely N-dealkylation sites (tertiary alicyclic amines) is 1. The van der Waals surface area contributed by atoms with Crippen LogP contribution in [0.4, 0.5) is 8.78 Å². The Balaban J connectivity index is 1.77. The number of amides is 1. The van der Waals surface area contributed by atoms with Crippen molar-refractivity contribution < 1.29 is 33.0 Å². The molecule has 2 aliphatic rings. The standard InChI is InChI=1S/C17H19F2NO5/c1-24-14-6-10(4-5-13(14)25-17(18)19)15(21)20-7-11(9-2-3-9)12(8-20)16(22)23/h4-6,9,11-12,17H,2-3,7-8H2,1H3,(H,22,23)/t11-,12+/m1/s1. The van der Waals surface area contributed by atoms with Gasteiger partial charge < -0.3 is 19.5 Å². The fourth-order valence-electron chi connectivity index (χ4n) is 3.43. The fourth-order valence-corrected chi connectivity index (χ4v) is 3.43. The van der Waals surface area contributed by atoms with Crippen molar-refractivity contribution in [3.05, 3.63) is 23.8 Å². The molecule has 1 aliphatic carbocycles. The predicted molar refractivity (Wildman–Crippen MR) is 82.9 cm³/mol. The number of carbonyl (C=O) groups excluding carboxylic acids is 1. The van der Waals surface area contributed by atoms with Crippen LogP contribution in [-0.2, 0) is 4.79 Å². The first kappa shape index (κ1) is 17.4. The molecule has 0 bridgehead atoms. The third-order valence-corrected chi connectivity index (χ3v) is 4.82. The van der Waals surface area contributed by atoms with E-state index in [9.17, 15) is 23.5 Å². The lowest BCUT2D eigenvalue weighted by atomic mass is 9.92. The van der Waals surface area contributed by atoms with Gasteiger partial charge in [-0.3, -0.25) is 9.59 Å². The van der Waals surface area contributed by atoms with Gasteiger partial charge in [0.25, 0.3) is 5.91 Å². The minimum atomic E-state index is -3.00. The lowest BCUT2D eigenvalue weighted by molar-refractivity contribution is -0.142. The molecule has 3 rings (SSSR count). The lowest BCUT2D eigenvalue weighted by Gasteiger charge is -2.17. The Labute approximate surface area is 143 Å². The molecule has 1 saturated carbocycles. The van der Waals surface area contributed by atoms with Crippen molar-refractivity contribution >= 4 is 11.9 Å². The van der Waals surface area contributed by atoms with Crippen LogP contribution in [0.15, 0.2) is 18.2 Å². The summed E-state index contributed by atoms with van der Waals surface area (Å²) in [5, 5.41) is 9.39. The number of nitrogens with zero attached hydrogens (tertiary/aromatic N) is 1. The molecule has 2 fully saturated rings. The molecule has 0 aromatic heterocycles. The molecule has 25 heavy (non-hydrogen) atoms. The highest BCUT2D eigenvalue weighted by Crippen LogP contribution is 2.44. The maximum atomic E-state index is 12.7. The maximum absolute atomic E-state index is 12.7. The van der Waals surface area contributed by atoms with E-state index in [4.69, 9.17) is 4.74 Å². The van der Waals surface area contributed by atoms with Gasteiger partial charge in [0.2, 0.25) is 0 Å². The number of carboxylic acids is 1. The second-order valence-corrected chi connectivity index (χ2v) is 6.40. The molecule has 1 amide bonds. The van der Waals surface area contributed by atoms with E-state index in [1.807, 2.05) is 0 Å². The molecule has 1 heterocycles. The number of ether oxygens (including phenoxy) is 2. The zero-order valence-electron chi connectivity index (χ0n) is 13.7. The summed E-state index contributed by atoms with van der Waals surface area (Å²) < 4.78 is 34.1. The molecule has 1 aromatic rings. The summed E-state index contributed by atoms with van der Waals surface area (Å²) >= 11 is 0. The largest absolute Gasteiger partial charge is 0.493 e. The lowest BCUT2D eigenvalue weighted by Crippen LogP contribution is -2.30. The number of carbonyl (C=O) groups is 2. The van der Waals surface area contributed by atoms with Gasteiger partial charge in [-0.25, -0.2) is 0 Å². The molecule has 0 spiro atoms. The minimum Gasteiger partial charge on any atom is -0.493 e. The van der Waals surface area contributed by atoms with Crippen LogP contribution in [0, 0.1) is 17.8 Å². The summed E-state index contributed by atoms with van der Waals surface area (Å²) in [6, 6.07) is 3.96. The number of halogens is 2. The number of alkyl halides is 2. The van der Waals surface area contributed by atoms with Crippen LogP contribution in [-0.4, -0.2) is 48.7 Å². The minimum absolute atomic E-state index is 0.0233. The average Bonchev–Trinajstić information content (AvgIpc) is 3.32.